The van der Waals surface area contributed by atoms with E-state index >= 15 is 0 Å². The van der Waals surface area contributed by atoms with Crippen molar-refractivity contribution in [2.45, 2.75) is 9.79 Å². The Hall–Kier alpha value is -1.94. The van der Waals surface area contributed by atoms with E-state index in [9.17, 15) is 16.8 Å². The molecule has 0 heterocycles. The minimum atomic E-state index is -3.58. The highest BCUT2D eigenvalue weighted by molar-refractivity contribution is 7.89. The van der Waals surface area contributed by atoms with Crippen molar-refractivity contribution < 1.29 is 16.8 Å². The fraction of sp³-hybridized carbons (Fsp3) is 0. The molecule has 0 radical (unpaired) electrons. The molecular formula is C12H15N3O4S2. The van der Waals surface area contributed by atoms with Crippen molar-refractivity contribution in [2.24, 2.45) is 10.3 Å². The molecule has 0 unspecified atom stereocenters. The Balaban J connectivity index is 0.000000211. The quantitative estimate of drug-likeness (QED) is 0.676. The number of primary sulfonamides is 2. The van der Waals surface area contributed by atoms with Gasteiger partial charge in [0.25, 0.3) is 0 Å². The van der Waals surface area contributed by atoms with Gasteiger partial charge in [-0.25, -0.2) is 27.1 Å². The summed E-state index contributed by atoms with van der Waals surface area (Å²) in [7, 11) is -7.08. The number of nitrogens with two attached hydrogens (primary N) is 3. The Morgan fingerprint density at radius 1 is 0.619 bits per heavy atom. The van der Waals surface area contributed by atoms with E-state index in [1.54, 1.807) is 18.2 Å². The van der Waals surface area contributed by atoms with Crippen LogP contribution in [0.4, 0.5) is 5.69 Å². The molecule has 0 amide bonds. The lowest BCUT2D eigenvalue weighted by atomic mass is 10.3. The molecule has 9 heteroatoms. The normalized spacial score (nSPS) is 11.3. The van der Waals surface area contributed by atoms with E-state index in [1.807, 2.05) is 0 Å². The zero-order valence-corrected chi connectivity index (χ0v) is 12.5. The molecule has 0 spiro atoms. The van der Waals surface area contributed by atoms with Crippen molar-refractivity contribution in [3.8, 4) is 0 Å². The van der Waals surface area contributed by atoms with Crippen molar-refractivity contribution in [3.63, 3.8) is 0 Å². The van der Waals surface area contributed by atoms with Gasteiger partial charge in [0, 0.05) is 5.69 Å². The molecule has 0 atom stereocenters. The maximum Gasteiger partial charge on any atom is 0.238 e. The summed E-state index contributed by atoms with van der Waals surface area (Å²) in [6.45, 7) is 0. The van der Waals surface area contributed by atoms with Crippen molar-refractivity contribution in [3.05, 3.63) is 54.6 Å². The summed E-state index contributed by atoms with van der Waals surface area (Å²) in [4.78, 5) is 0.224. The predicted molar refractivity (Wildman–Crippen MR) is 80.0 cm³/mol. The first-order chi connectivity index (χ1) is 9.60. The van der Waals surface area contributed by atoms with Crippen LogP contribution in [0, 0.1) is 0 Å². The predicted octanol–water partition coefficient (Wildman–Crippen LogP) is 0.250. The number of anilines is 1. The molecule has 21 heavy (non-hydrogen) atoms. The first-order valence-corrected chi connectivity index (χ1v) is 8.66. The second-order valence-electron chi connectivity index (χ2n) is 3.97. The fourth-order valence-corrected chi connectivity index (χ4v) is 2.32. The summed E-state index contributed by atoms with van der Waals surface area (Å²) in [5, 5.41) is 9.67. The zero-order valence-electron chi connectivity index (χ0n) is 10.9. The van der Waals surface area contributed by atoms with Gasteiger partial charge in [0.05, 0.1) is 9.79 Å². The Bertz CT molecular complexity index is 786. The van der Waals surface area contributed by atoms with E-state index in [0.717, 1.165) is 0 Å². The Morgan fingerprint density at radius 2 is 1.00 bits per heavy atom. The highest BCUT2D eigenvalue weighted by Crippen LogP contribution is 2.08. The molecule has 0 aliphatic rings. The van der Waals surface area contributed by atoms with Crippen LogP contribution in [-0.4, -0.2) is 16.8 Å². The van der Waals surface area contributed by atoms with Gasteiger partial charge in [-0.2, -0.15) is 0 Å². The molecule has 7 nitrogen and oxygen atoms in total. The molecular weight excluding hydrogens is 314 g/mol. The van der Waals surface area contributed by atoms with E-state index in [0.29, 0.717) is 5.69 Å². The molecule has 2 aromatic rings. The van der Waals surface area contributed by atoms with Crippen LogP contribution in [0.5, 0.6) is 0 Å². The average molecular weight is 329 g/mol. The maximum atomic E-state index is 10.7. The Morgan fingerprint density at radius 3 is 1.33 bits per heavy atom. The molecule has 0 aliphatic heterocycles. The average Bonchev–Trinajstić information content (AvgIpc) is 2.39. The van der Waals surface area contributed by atoms with Crippen LogP contribution in [0.15, 0.2) is 64.4 Å². The minimum absolute atomic E-state index is 0.0756. The van der Waals surface area contributed by atoms with Gasteiger partial charge in [0.1, 0.15) is 0 Å². The SMILES string of the molecule is NS(=O)(=O)c1ccccc1.Nc1ccc(S(N)(=O)=O)cc1. The third-order valence-corrected chi connectivity index (χ3v) is 4.14. The van der Waals surface area contributed by atoms with Crippen LogP contribution in [0.2, 0.25) is 0 Å². The van der Waals surface area contributed by atoms with E-state index in [4.69, 9.17) is 16.0 Å². The number of benzene rings is 2. The van der Waals surface area contributed by atoms with Crippen LogP contribution in [0.1, 0.15) is 0 Å². The lowest BCUT2D eigenvalue weighted by Crippen LogP contribution is -2.11. The largest absolute Gasteiger partial charge is 0.399 e. The van der Waals surface area contributed by atoms with E-state index in [2.05, 4.69) is 0 Å². The molecule has 0 saturated carbocycles. The molecule has 2 aromatic carbocycles. The summed E-state index contributed by atoms with van der Waals surface area (Å²) in [6.07, 6.45) is 0. The van der Waals surface area contributed by atoms with Crippen LogP contribution < -0.4 is 16.0 Å². The van der Waals surface area contributed by atoms with Crippen LogP contribution in [-0.2, 0) is 20.0 Å². The van der Waals surface area contributed by atoms with Crippen LogP contribution in [0.3, 0.4) is 0 Å². The van der Waals surface area contributed by atoms with Gasteiger partial charge in [0.2, 0.25) is 20.0 Å². The highest BCUT2D eigenvalue weighted by Gasteiger charge is 2.05. The molecule has 114 valence electrons. The fourth-order valence-electron chi connectivity index (χ4n) is 1.27. The van der Waals surface area contributed by atoms with E-state index in [1.165, 1.54) is 36.4 Å². The Kier molecular flexibility index (Phi) is 5.44. The summed E-state index contributed by atoms with van der Waals surface area (Å²) in [5.74, 6) is 0. The van der Waals surface area contributed by atoms with Crippen molar-refractivity contribution in [1.82, 2.24) is 0 Å². The third-order valence-electron chi connectivity index (χ3n) is 2.28. The molecule has 2 rings (SSSR count). The second kappa shape index (κ2) is 6.68. The summed E-state index contributed by atoms with van der Waals surface area (Å²) < 4.78 is 42.6. The van der Waals surface area contributed by atoms with Gasteiger partial charge in [-0.3, -0.25) is 0 Å². The molecule has 0 saturated heterocycles. The number of hydrogen-bond donors (Lipinski definition) is 3. The van der Waals surface area contributed by atoms with Gasteiger partial charge in [-0.1, -0.05) is 18.2 Å². The molecule has 6 N–H and O–H groups in total. The van der Waals surface area contributed by atoms with E-state index < -0.39 is 20.0 Å². The molecule has 0 aliphatic carbocycles. The number of rotatable bonds is 2. The van der Waals surface area contributed by atoms with Crippen molar-refractivity contribution in [1.29, 1.82) is 0 Å². The van der Waals surface area contributed by atoms with Crippen molar-refractivity contribution >= 4 is 25.7 Å². The van der Waals surface area contributed by atoms with Gasteiger partial charge in [0.15, 0.2) is 0 Å². The first kappa shape index (κ1) is 17.1. The lowest BCUT2D eigenvalue weighted by Gasteiger charge is -1.96. The second-order valence-corrected chi connectivity index (χ2v) is 7.09. The van der Waals surface area contributed by atoms with Crippen molar-refractivity contribution in [2.75, 3.05) is 5.73 Å². The zero-order chi connectivity index (χ0) is 16.1. The maximum absolute atomic E-state index is 10.7. The monoisotopic (exact) mass is 329 g/mol. The van der Waals surface area contributed by atoms with Gasteiger partial charge in [-0.15, -0.1) is 0 Å². The topological polar surface area (TPSA) is 146 Å². The summed E-state index contributed by atoms with van der Waals surface area (Å²) in [6, 6.07) is 13.6. The molecule has 0 aromatic heterocycles. The van der Waals surface area contributed by atoms with Crippen LogP contribution in [0.25, 0.3) is 0 Å². The number of nitrogen functional groups attached to an aromatic ring is 1. The smallest absolute Gasteiger partial charge is 0.238 e. The molecule has 0 fully saturated rings. The standard InChI is InChI=1S/C6H8N2O2S.C6H7NO2S/c7-5-1-3-6(4-2-5)11(8,9)10;7-10(8,9)6-4-2-1-3-5-6/h1-4H,7H2,(H2,8,9,10);1-5H,(H2,7,8,9). The highest BCUT2D eigenvalue weighted by atomic mass is 32.2. The lowest BCUT2D eigenvalue weighted by molar-refractivity contribution is 0.596. The minimum Gasteiger partial charge on any atom is -0.399 e. The summed E-state index contributed by atoms with van der Waals surface area (Å²) >= 11 is 0. The third kappa shape index (κ3) is 5.92. The molecule has 0 bridgehead atoms. The van der Waals surface area contributed by atoms with Gasteiger partial charge < -0.3 is 5.73 Å². The van der Waals surface area contributed by atoms with Gasteiger partial charge >= 0.3 is 0 Å². The van der Waals surface area contributed by atoms with Crippen LogP contribution >= 0.6 is 0 Å². The number of sulfonamides is 2. The number of hydrogen-bond acceptors (Lipinski definition) is 5. The van der Waals surface area contributed by atoms with Gasteiger partial charge in [-0.05, 0) is 36.4 Å². The van der Waals surface area contributed by atoms with E-state index in [-0.39, 0.29) is 9.79 Å². The first-order valence-electron chi connectivity index (χ1n) is 5.57. The summed E-state index contributed by atoms with van der Waals surface area (Å²) in [5.41, 5.74) is 5.85. The Labute approximate surface area is 123 Å².